The molecule has 2 aromatic heterocycles. The molecule has 2 N–H and O–H groups in total. The molecule has 0 aromatic carbocycles. The van der Waals surface area contributed by atoms with E-state index in [0.717, 1.165) is 15.9 Å². The highest BCUT2D eigenvalue weighted by atomic mass is 35.5. The average molecular weight is 302 g/mol. The average Bonchev–Trinajstić information content (AvgIpc) is 2.94. The van der Waals surface area contributed by atoms with E-state index in [4.69, 9.17) is 17.3 Å². The fourth-order valence-corrected chi connectivity index (χ4v) is 4.18. The summed E-state index contributed by atoms with van der Waals surface area (Å²) in [6.45, 7) is 2.10. The van der Waals surface area contributed by atoms with Crippen LogP contribution in [-0.4, -0.2) is 15.6 Å². The van der Waals surface area contributed by atoms with Gasteiger partial charge in [-0.3, -0.25) is 0 Å². The molecule has 0 aliphatic rings. The third-order valence-electron chi connectivity index (χ3n) is 2.74. The van der Waals surface area contributed by atoms with Gasteiger partial charge in [-0.1, -0.05) is 30.3 Å². The number of hydrogen-bond acceptors (Lipinski definition) is 4. The standard InChI is InChI=1S/C12H16ClN3S2/c1-3-8(14)11(9-4-5-10(13)17-9)18-12-15-6-7-16(12)2/h4-8,11H,3,14H2,1-2H3. The number of hydrogen-bond donors (Lipinski definition) is 1. The summed E-state index contributed by atoms with van der Waals surface area (Å²) >= 11 is 9.31. The van der Waals surface area contributed by atoms with Crippen molar-refractivity contribution < 1.29 is 0 Å². The van der Waals surface area contributed by atoms with E-state index in [0.29, 0.717) is 0 Å². The van der Waals surface area contributed by atoms with Gasteiger partial charge in [-0.05, 0) is 18.6 Å². The highest BCUT2D eigenvalue weighted by Crippen LogP contribution is 2.41. The van der Waals surface area contributed by atoms with Crippen molar-refractivity contribution in [2.45, 2.75) is 29.8 Å². The molecule has 2 rings (SSSR count). The van der Waals surface area contributed by atoms with Crippen LogP contribution in [0, 0.1) is 0 Å². The Morgan fingerprint density at radius 2 is 2.33 bits per heavy atom. The smallest absolute Gasteiger partial charge is 0.168 e. The Morgan fingerprint density at radius 1 is 1.56 bits per heavy atom. The monoisotopic (exact) mass is 301 g/mol. The predicted octanol–water partition coefficient (Wildman–Crippen LogP) is 3.71. The largest absolute Gasteiger partial charge is 0.329 e. The van der Waals surface area contributed by atoms with Crippen molar-refractivity contribution in [2.75, 3.05) is 0 Å². The number of nitrogens with two attached hydrogens (primary N) is 1. The molecular formula is C12H16ClN3S2. The molecule has 2 aromatic rings. The Labute approximate surface area is 120 Å². The minimum Gasteiger partial charge on any atom is -0.329 e. The van der Waals surface area contributed by atoms with Crippen molar-refractivity contribution in [3.63, 3.8) is 0 Å². The summed E-state index contributed by atoms with van der Waals surface area (Å²) in [5.41, 5.74) is 6.23. The SMILES string of the molecule is CCC(N)C(Sc1nccn1C)c1ccc(Cl)s1. The Bertz CT molecular complexity index is 509. The Morgan fingerprint density at radius 3 is 2.83 bits per heavy atom. The summed E-state index contributed by atoms with van der Waals surface area (Å²) in [6.07, 6.45) is 4.67. The maximum atomic E-state index is 6.23. The van der Waals surface area contributed by atoms with Gasteiger partial charge in [0.2, 0.25) is 0 Å². The van der Waals surface area contributed by atoms with Crippen molar-refractivity contribution in [2.24, 2.45) is 12.8 Å². The van der Waals surface area contributed by atoms with E-state index in [9.17, 15) is 0 Å². The topological polar surface area (TPSA) is 43.8 Å². The maximum Gasteiger partial charge on any atom is 0.168 e. The van der Waals surface area contributed by atoms with Gasteiger partial charge in [0, 0.05) is 30.4 Å². The first-order valence-corrected chi connectivity index (χ1v) is 7.84. The van der Waals surface area contributed by atoms with Crippen molar-refractivity contribution in [1.29, 1.82) is 0 Å². The first-order chi connectivity index (χ1) is 8.61. The Kier molecular flexibility index (Phi) is 4.72. The van der Waals surface area contributed by atoms with E-state index >= 15 is 0 Å². The summed E-state index contributed by atoms with van der Waals surface area (Å²) in [4.78, 5) is 5.56. The summed E-state index contributed by atoms with van der Waals surface area (Å²) in [5, 5.41) is 1.18. The van der Waals surface area contributed by atoms with Gasteiger partial charge in [0.25, 0.3) is 0 Å². The lowest BCUT2D eigenvalue weighted by molar-refractivity contribution is 0.636. The lowest BCUT2D eigenvalue weighted by Gasteiger charge is -2.20. The first kappa shape index (κ1) is 13.9. The second kappa shape index (κ2) is 6.10. The van der Waals surface area contributed by atoms with Crippen LogP contribution >= 0.6 is 34.7 Å². The second-order valence-corrected chi connectivity index (χ2v) is 6.93. The summed E-state index contributed by atoms with van der Waals surface area (Å²) < 4.78 is 2.81. The highest BCUT2D eigenvalue weighted by Gasteiger charge is 2.23. The van der Waals surface area contributed by atoms with Crippen molar-refractivity contribution in [3.8, 4) is 0 Å². The minimum atomic E-state index is 0.0985. The molecule has 0 fully saturated rings. The molecule has 2 unspecified atom stereocenters. The number of aryl methyl sites for hydroxylation is 1. The fourth-order valence-electron chi connectivity index (χ4n) is 1.63. The predicted molar refractivity (Wildman–Crippen MR) is 79.4 cm³/mol. The van der Waals surface area contributed by atoms with E-state index in [1.165, 1.54) is 4.88 Å². The van der Waals surface area contributed by atoms with Gasteiger partial charge in [0.15, 0.2) is 5.16 Å². The number of nitrogens with zero attached hydrogens (tertiary/aromatic N) is 2. The molecule has 0 radical (unpaired) electrons. The zero-order chi connectivity index (χ0) is 13.1. The molecule has 3 nitrogen and oxygen atoms in total. The van der Waals surface area contributed by atoms with Gasteiger partial charge >= 0.3 is 0 Å². The molecule has 0 saturated carbocycles. The molecule has 0 spiro atoms. The van der Waals surface area contributed by atoms with Gasteiger partial charge in [-0.2, -0.15) is 0 Å². The van der Waals surface area contributed by atoms with Gasteiger partial charge in [0.05, 0.1) is 9.59 Å². The highest BCUT2D eigenvalue weighted by molar-refractivity contribution is 7.99. The van der Waals surface area contributed by atoms with Crippen LogP contribution in [0.2, 0.25) is 4.34 Å². The number of aromatic nitrogens is 2. The quantitative estimate of drug-likeness (QED) is 0.856. The van der Waals surface area contributed by atoms with Gasteiger partial charge < -0.3 is 10.3 Å². The number of halogens is 1. The van der Waals surface area contributed by atoms with Crippen LogP contribution in [0.25, 0.3) is 0 Å². The van der Waals surface area contributed by atoms with Gasteiger partial charge in [-0.25, -0.2) is 4.98 Å². The Balaban J connectivity index is 2.23. The molecular weight excluding hydrogens is 286 g/mol. The summed E-state index contributed by atoms with van der Waals surface area (Å²) in [6, 6.07) is 4.08. The van der Waals surface area contributed by atoms with Gasteiger partial charge in [0.1, 0.15) is 0 Å². The van der Waals surface area contributed by atoms with Crippen LogP contribution in [0.4, 0.5) is 0 Å². The van der Waals surface area contributed by atoms with E-state index in [1.807, 2.05) is 23.9 Å². The molecule has 0 aliphatic carbocycles. The van der Waals surface area contributed by atoms with Crippen molar-refractivity contribution in [3.05, 3.63) is 33.7 Å². The van der Waals surface area contributed by atoms with Crippen LogP contribution in [0.3, 0.4) is 0 Å². The molecule has 0 amide bonds. The third kappa shape index (κ3) is 3.09. The molecule has 6 heteroatoms. The molecule has 98 valence electrons. The third-order valence-corrected chi connectivity index (χ3v) is 5.67. The maximum absolute atomic E-state index is 6.23. The zero-order valence-corrected chi connectivity index (χ0v) is 12.7. The van der Waals surface area contributed by atoms with E-state index in [1.54, 1.807) is 29.3 Å². The van der Waals surface area contributed by atoms with Crippen LogP contribution in [-0.2, 0) is 7.05 Å². The number of imidazole rings is 1. The Hall–Kier alpha value is -0.490. The van der Waals surface area contributed by atoms with Crippen LogP contribution < -0.4 is 5.73 Å². The lowest BCUT2D eigenvalue weighted by atomic mass is 10.1. The number of rotatable bonds is 5. The van der Waals surface area contributed by atoms with Crippen molar-refractivity contribution in [1.82, 2.24) is 9.55 Å². The first-order valence-electron chi connectivity index (χ1n) is 5.76. The number of thioether (sulfide) groups is 1. The minimum absolute atomic E-state index is 0.0985. The van der Waals surface area contributed by atoms with Crippen LogP contribution in [0.5, 0.6) is 0 Å². The van der Waals surface area contributed by atoms with Crippen LogP contribution in [0.1, 0.15) is 23.5 Å². The van der Waals surface area contributed by atoms with Gasteiger partial charge in [-0.15, -0.1) is 11.3 Å². The fraction of sp³-hybridized carbons (Fsp3) is 0.417. The normalized spacial score (nSPS) is 14.7. The summed E-state index contributed by atoms with van der Waals surface area (Å²) in [7, 11) is 1.99. The van der Waals surface area contributed by atoms with Crippen molar-refractivity contribution >= 4 is 34.7 Å². The van der Waals surface area contributed by atoms with E-state index in [2.05, 4.69) is 18.0 Å². The lowest BCUT2D eigenvalue weighted by Crippen LogP contribution is -2.25. The molecule has 0 aliphatic heterocycles. The molecule has 0 bridgehead atoms. The van der Waals surface area contributed by atoms with Crippen LogP contribution in [0.15, 0.2) is 29.7 Å². The second-order valence-electron chi connectivity index (χ2n) is 4.07. The van der Waals surface area contributed by atoms with E-state index in [-0.39, 0.29) is 11.3 Å². The number of thiophene rings is 1. The molecule has 2 heterocycles. The molecule has 18 heavy (non-hydrogen) atoms. The molecule has 2 atom stereocenters. The summed E-state index contributed by atoms with van der Waals surface area (Å²) in [5.74, 6) is 0. The van der Waals surface area contributed by atoms with E-state index < -0.39 is 0 Å². The molecule has 0 saturated heterocycles. The zero-order valence-electron chi connectivity index (χ0n) is 10.3.